The van der Waals surface area contributed by atoms with Gasteiger partial charge in [-0.05, 0) is 51.2 Å². The van der Waals surface area contributed by atoms with E-state index in [-0.39, 0.29) is 0 Å². The normalized spacial score (nSPS) is 9.11. The summed E-state index contributed by atoms with van der Waals surface area (Å²) in [6, 6.07) is 5.70. The van der Waals surface area contributed by atoms with Crippen LogP contribution in [0.2, 0.25) is 5.02 Å². The summed E-state index contributed by atoms with van der Waals surface area (Å²) in [5.41, 5.74) is 1.09. The van der Waals surface area contributed by atoms with Crippen molar-refractivity contribution in [2.45, 2.75) is 41.0 Å². The SMILES string of the molecule is CC.CC.Cc1cc(Cl)ccc1OCCCN(C)C. The molecular weight excluding hydrogens is 258 g/mol. The number of ether oxygens (including phenoxy) is 1. The van der Waals surface area contributed by atoms with Gasteiger partial charge in [-0.3, -0.25) is 0 Å². The van der Waals surface area contributed by atoms with Crippen LogP contribution in [0.25, 0.3) is 0 Å². The van der Waals surface area contributed by atoms with Crippen molar-refractivity contribution < 1.29 is 4.74 Å². The van der Waals surface area contributed by atoms with E-state index in [0.717, 1.165) is 35.9 Å². The Morgan fingerprint density at radius 3 is 2.16 bits per heavy atom. The van der Waals surface area contributed by atoms with Gasteiger partial charge in [0.2, 0.25) is 0 Å². The highest BCUT2D eigenvalue weighted by atomic mass is 35.5. The highest BCUT2D eigenvalue weighted by molar-refractivity contribution is 6.30. The Kier molecular flexibility index (Phi) is 14.8. The monoisotopic (exact) mass is 287 g/mol. The number of aryl methyl sites for hydroxylation is 1. The first-order valence-electron chi connectivity index (χ1n) is 7.13. The summed E-state index contributed by atoms with van der Waals surface area (Å²) >= 11 is 5.86. The first-order chi connectivity index (χ1) is 9.09. The fraction of sp³-hybridized carbons (Fsp3) is 0.625. The van der Waals surface area contributed by atoms with Crippen molar-refractivity contribution in [3.05, 3.63) is 28.8 Å². The van der Waals surface area contributed by atoms with E-state index in [0.29, 0.717) is 0 Å². The number of hydrogen-bond donors (Lipinski definition) is 0. The molecule has 0 N–H and O–H groups in total. The molecule has 0 saturated heterocycles. The minimum Gasteiger partial charge on any atom is -0.493 e. The largest absolute Gasteiger partial charge is 0.493 e. The van der Waals surface area contributed by atoms with Gasteiger partial charge in [0.05, 0.1) is 6.61 Å². The average Bonchev–Trinajstić information content (AvgIpc) is 2.41. The maximum absolute atomic E-state index is 5.86. The van der Waals surface area contributed by atoms with Crippen LogP contribution in [0.4, 0.5) is 0 Å². The lowest BCUT2D eigenvalue weighted by Gasteiger charge is -2.11. The van der Waals surface area contributed by atoms with Crippen molar-refractivity contribution in [3.8, 4) is 5.75 Å². The molecule has 0 aliphatic carbocycles. The summed E-state index contributed by atoms with van der Waals surface area (Å²) in [4.78, 5) is 2.15. The second kappa shape index (κ2) is 13.7. The zero-order valence-corrected chi connectivity index (χ0v) is 14.3. The predicted molar refractivity (Wildman–Crippen MR) is 87.6 cm³/mol. The molecule has 0 unspecified atom stereocenters. The third-order valence-electron chi connectivity index (χ3n) is 2.14. The van der Waals surface area contributed by atoms with E-state index < -0.39 is 0 Å². The van der Waals surface area contributed by atoms with E-state index in [4.69, 9.17) is 16.3 Å². The van der Waals surface area contributed by atoms with Crippen LogP contribution in [0.15, 0.2) is 18.2 Å². The average molecular weight is 288 g/mol. The smallest absolute Gasteiger partial charge is 0.122 e. The maximum Gasteiger partial charge on any atom is 0.122 e. The molecule has 0 fully saturated rings. The Labute approximate surface area is 124 Å². The molecule has 0 saturated carbocycles. The zero-order chi connectivity index (χ0) is 15.3. The van der Waals surface area contributed by atoms with E-state index in [1.807, 2.05) is 52.8 Å². The molecule has 0 bridgehead atoms. The van der Waals surface area contributed by atoms with Gasteiger partial charge in [0.15, 0.2) is 0 Å². The van der Waals surface area contributed by atoms with Crippen LogP contribution in [0.1, 0.15) is 39.7 Å². The molecule has 0 atom stereocenters. The lowest BCUT2D eigenvalue weighted by Crippen LogP contribution is -2.15. The first kappa shape index (κ1) is 20.6. The van der Waals surface area contributed by atoms with E-state index in [9.17, 15) is 0 Å². The van der Waals surface area contributed by atoms with Crippen LogP contribution in [-0.4, -0.2) is 32.1 Å². The number of benzene rings is 1. The molecule has 19 heavy (non-hydrogen) atoms. The van der Waals surface area contributed by atoms with Crippen molar-refractivity contribution in [1.29, 1.82) is 0 Å². The van der Waals surface area contributed by atoms with Gasteiger partial charge in [-0.25, -0.2) is 0 Å². The lowest BCUT2D eigenvalue weighted by molar-refractivity contribution is 0.280. The number of hydrogen-bond acceptors (Lipinski definition) is 2. The van der Waals surface area contributed by atoms with E-state index in [1.54, 1.807) is 0 Å². The summed E-state index contributed by atoms with van der Waals surface area (Å²) in [6.07, 6.45) is 1.04. The number of nitrogens with zero attached hydrogens (tertiary/aromatic N) is 1. The van der Waals surface area contributed by atoms with E-state index >= 15 is 0 Å². The van der Waals surface area contributed by atoms with Gasteiger partial charge in [0.25, 0.3) is 0 Å². The lowest BCUT2D eigenvalue weighted by atomic mass is 10.2. The zero-order valence-electron chi connectivity index (χ0n) is 13.6. The van der Waals surface area contributed by atoms with E-state index in [1.165, 1.54) is 0 Å². The molecule has 0 aliphatic heterocycles. The minimum atomic E-state index is 0.751. The fourth-order valence-corrected chi connectivity index (χ4v) is 1.56. The van der Waals surface area contributed by atoms with Crippen LogP contribution in [-0.2, 0) is 0 Å². The molecule has 0 aromatic heterocycles. The third kappa shape index (κ3) is 10.8. The van der Waals surface area contributed by atoms with Crippen LogP contribution in [0.5, 0.6) is 5.75 Å². The van der Waals surface area contributed by atoms with Gasteiger partial charge in [-0.1, -0.05) is 39.3 Å². The standard InChI is InChI=1S/C12H18ClNO.2C2H6/c1-10-9-11(13)5-6-12(10)15-8-4-7-14(2)3;2*1-2/h5-6,9H,4,7-8H2,1-3H3;2*1-2H3. The van der Waals surface area contributed by atoms with E-state index in [2.05, 4.69) is 19.0 Å². The molecule has 3 heteroatoms. The highest BCUT2D eigenvalue weighted by Crippen LogP contribution is 2.21. The molecular formula is C16H30ClNO. The predicted octanol–water partition coefficient (Wildman–Crippen LogP) is 5.03. The van der Waals surface area contributed by atoms with Crippen molar-refractivity contribution in [3.63, 3.8) is 0 Å². The summed E-state index contributed by atoms with van der Waals surface area (Å²) in [5.74, 6) is 0.929. The first-order valence-corrected chi connectivity index (χ1v) is 7.51. The Balaban J connectivity index is 0. The Morgan fingerprint density at radius 2 is 1.68 bits per heavy atom. The van der Waals surface area contributed by atoms with Crippen LogP contribution in [0.3, 0.4) is 0 Å². The van der Waals surface area contributed by atoms with Crippen molar-refractivity contribution in [1.82, 2.24) is 4.90 Å². The van der Waals surface area contributed by atoms with Crippen LogP contribution in [0, 0.1) is 6.92 Å². The third-order valence-corrected chi connectivity index (χ3v) is 2.38. The van der Waals surface area contributed by atoms with Gasteiger partial charge < -0.3 is 9.64 Å². The van der Waals surface area contributed by atoms with Crippen molar-refractivity contribution in [2.24, 2.45) is 0 Å². The molecule has 0 aliphatic rings. The van der Waals surface area contributed by atoms with Gasteiger partial charge in [-0.2, -0.15) is 0 Å². The summed E-state index contributed by atoms with van der Waals surface area (Å²) in [6.45, 7) is 11.8. The topological polar surface area (TPSA) is 12.5 Å². The van der Waals surface area contributed by atoms with Gasteiger partial charge in [-0.15, -0.1) is 0 Å². The molecule has 0 radical (unpaired) electrons. The van der Waals surface area contributed by atoms with Crippen LogP contribution < -0.4 is 4.74 Å². The quantitative estimate of drug-likeness (QED) is 0.704. The van der Waals surface area contributed by atoms with Gasteiger partial charge >= 0.3 is 0 Å². The summed E-state index contributed by atoms with van der Waals surface area (Å²) < 4.78 is 5.66. The molecule has 1 rings (SSSR count). The maximum atomic E-state index is 5.86. The Morgan fingerprint density at radius 1 is 1.11 bits per heavy atom. The van der Waals surface area contributed by atoms with Gasteiger partial charge in [0, 0.05) is 11.6 Å². The summed E-state index contributed by atoms with van der Waals surface area (Å²) in [5, 5.41) is 0.758. The molecule has 0 amide bonds. The van der Waals surface area contributed by atoms with Crippen molar-refractivity contribution in [2.75, 3.05) is 27.2 Å². The Bertz CT molecular complexity index is 314. The van der Waals surface area contributed by atoms with Crippen molar-refractivity contribution >= 4 is 11.6 Å². The number of halogens is 1. The molecule has 2 nitrogen and oxygen atoms in total. The highest BCUT2D eigenvalue weighted by Gasteiger charge is 2.00. The number of rotatable bonds is 5. The Hall–Kier alpha value is -0.730. The van der Waals surface area contributed by atoms with Crippen LogP contribution >= 0.6 is 11.6 Å². The summed E-state index contributed by atoms with van der Waals surface area (Å²) in [7, 11) is 4.13. The molecule has 0 spiro atoms. The second-order valence-electron chi connectivity index (χ2n) is 3.92. The minimum absolute atomic E-state index is 0.751. The molecule has 112 valence electrons. The molecule has 0 heterocycles. The fourth-order valence-electron chi connectivity index (χ4n) is 1.34. The molecule has 1 aromatic carbocycles. The van der Waals surface area contributed by atoms with Gasteiger partial charge in [0.1, 0.15) is 5.75 Å². The second-order valence-corrected chi connectivity index (χ2v) is 4.35. The molecule has 1 aromatic rings.